The molecule has 0 aliphatic heterocycles. The molecule has 0 spiro atoms. The van der Waals surface area contributed by atoms with E-state index >= 15 is 0 Å². The molecule has 116 valence electrons. The van der Waals surface area contributed by atoms with E-state index in [1.807, 2.05) is 6.92 Å². The molecule has 0 bridgehead atoms. The van der Waals surface area contributed by atoms with Crippen LogP contribution in [0.15, 0.2) is 35.7 Å². The minimum Gasteiger partial charge on any atom is -0.478 e. The quantitative estimate of drug-likeness (QED) is 0.536. The van der Waals surface area contributed by atoms with Gasteiger partial charge in [0.15, 0.2) is 0 Å². The van der Waals surface area contributed by atoms with Gasteiger partial charge in [0.05, 0.1) is 10.5 Å². The zero-order valence-electron chi connectivity index (χ0n) is 11.8. The van der Waals surface area contributed by atoms with Gasteiger partial charge < -0.3 is 5.11 Å². The largest absolute Gasteiger partial charge is 0.478 e. The molecule has 0 atom stereocenters. The van der Waals surface area contributed by atoms with Gasteiger partial charge in [0.25, 0.3) is 0 Å². The molecular formula is C14H19NO4S2. The zero-order valence-corrected chi connectivity index (χ0v) is 13.5. The van der Waals surface area contributed by atoms with Crippen molar-refractivity contribution in [3.8, 4) is 0 Å². The fourth-order valence-electron chi connectivity index (χ4n) is 1.72. The highest BCUT2D eigenvalue weighted by molar-refractivity contribution is 7.99. The molecule has 0 amide bonds. The zero-order chi connectivity index (χ0) is 15.9. The lowest BCUT2D eigenvalue weighted by Gasteiger charge is -2.11. The summed E-state index contributed by atoms with van der Waals surface area (Å²) in [5.74, 6) is 0.248. The fraction of sp³-hybridized carbons (Fsp3) is 0.357. The summed E-state index contributed by atoms with van der Waals surface area (Å²) in [4.78, 5) is 11.0. The third kappa shape index (κ3) is 5.18. The molecule has 0 fully saturated rings. The van der Waals surface area contributed by atoms with Gasteiger partial charge in [0.2, 0.25) is 10.0 Å². The van der Waals surface area contributed by atoms with Gasteiger partial charge in [-0.1, -0.05) is 19.1 Å². The number of rotatable bonds is 9. The van der Waals surface area contributed by atoms with Crippen molar-refractivity contribution >= 4 is 27.8 Å². The molecule has 0 radical (unpaired) electrons. The van der Waals surface area contributed by atoms with Crippen molar-refractivity contribution in [3.05, 3.63) is 42.0 Å². The van der Waals surface area contributed by atoms with Crippen LogP contribution in [0.25, 0.3) is 0 Å². The summed E-state index contributed by atoms with van der Waals surface area (Å²) in [6.07, 6.45) is 2.27. The number of carboxylic acids is 1. The van der Waals surface area contributed by atoms with E-state index in [0.29, 0.717) is 24.3 Å². The molecule has 1 aromatic carbocycles. The lowest BCUT2D eigenvalue weighted by Crippen LogP contribution is -2.27. The Labute approximate surface area is 129 Å². The van der Waals surface area contributed by atoms with Crippen LogP contribution in [0.1, 0.15) is 22.8 Å². The Kier molecular flexibility index (Phi) is 6.94. The van der Waals surface area contributed by atoms with Crippen molar-refractivity contribution in [1.82, 2.24) is 4.72 Å². The molecule has 0 aliphatic rings. The maximum absolute atomic E-state index is 12.3. The van der Waals surface area contributed by atoms with Crippen LogP contribution in [-0.2, 0) is 16.4 Å². The van der Waals surface area contributed by atoms with Crippen molar-refractivity contribution in [2.24, 2.45) is 0 Å². The number of sulfonamides is 1. The van der Waals surface area contributed by atoms with Crippen LogP contribution >= 0.6 is 11.8 Å². The van der Waals surface area contributed by atoms with E-state index in [0.717, 1.165) is 5.75 Å². The fourth-order valence-corrected chi connectivity index (χ4v) is 3.80. The Morgan fingerprint density at radius 1 is 1.48 bits per heavy atom. The number of carboxylic acid groups (broad SMARTS) is 1. The maximum Gasteiger partial charge on any atom is 0.335 e. The Hall–Kier alpha value is -1.31. The van der Waals surface area contributed by atoms with Gasteiger partial charge in [0.1, 0.15) is 0 Å². The molecular weight excluding hydrogens is 310 g/mol. The number of carbonyl (C=O) groups is 1. The third-order valence-electron chi connectivity index (χ3n) is 2.76. The van der Waals surface area contributed by atoms with Crippen LogP contribution in [0.2, 0.25) is 0 Å². The van der Waals surface area contributed by atoms with Gasteiger partial charge in [-0.2, -0.15) is 11.8 Å². The number of nitrogens with one attached hydrogen (secondary N) is 1. The number of thioether (sulfide) groups is 1. The van der Waals surface area contributed by atoms with Crippen LogP contribution < -0.4 is 4.72 Å². The standard InChI is InChI=1S/C14H19NO4S2/c1-3-8-20-9-7-15-21(18,19)13-10-12(14(16)17)6-5-11(13)4-2/h3,5-6,10,15H,1,4,7-9H2,2H3,(H,16,17). The molecule has 0 aliphatic carbocycles. The summed E-state index contributed by atoms with van der Waals surface area (Å²) >= 11 is 1.57. The van der Waals surface area contributed by atoms with E-state index in [1.165, 1.54) is 12.1 Å². The van der Waals surface area contributed by atoms with Crippen molar-refractivity contribution in [2.45, 2.75) is 18.2 Å². The van der Waals surface area contributed by atoms with E-state index in [-0.39, 0.29) is 10.5 Å². The Balaban J connectivity index is 2.92. The van der Waals surface area contributed by atoms with E-state index in [2.05, 4.69) is 11.3 Å². The van der Waals surface area contributed by atoms with Crippen LogP contribution in [-0.4, -0.2) is 37.5 Å². The predicted octanol–water partition coefficient (Wildman–Crippen LogP) is 2.14. The van der Waals surface area contributed by atoms with Crippen LogP contribution in [0, 0.1) is 0 Å². The predicted molar refractivity (Wildman–Crippen MR) is 85.5 cm³/mol. The van der Waals surface area contributed by atoms with Crippen molar-refractivity contribution in [1.29, 1.82) is 0 Å². The molecule has 0 saturated carbocycles. The van der Waals surface area contributed by atoms with Crippen molar-refractivity contribution in [3.63, 3.8) is 0 Å². The topological polar surface area (TPSA) is 83.5 Å². The summed E-state index contributed by atoms with van der Waals surface area (Å²) < 4.78 is 27.1. The van der Waals surface area contributed by atoms with Crippen molar-refractivity contribution < 1.29 is 18.3 Å². The minimum absolute atomic E-state index is 0.0337. The third-order valence-corrected chi connectivity index (χ3v) is 5.27. The first kappa shape index (κ1) is 17.7. The molecule has 2 N–H and O–H groups in total. The number of hydrogen-bond acceptors (Lipinski definition) is 4. The molecule has 0 saturated heterocycles. The molecule has 1 aromatic rings. The van der Waals surface area contributed by atoms with Crippen LogP contribution in [0.4, 0.5) is 0 Å². The molecule has 0 aromatic heterocycles. The Bertz CT molecular complexity index is 611. The van der Waals surface area contributed by atoms with Crippen LogP contribution in [0.3, 0.4) is 0 Å². The number of aromatic carboxylic acids is 1. The Morgan fingerprint density at radius 2 is 2.19 bits per heavy atom. The van der Waals surface area contributed by atoms with E-state index in [9.17, 15) is 13.2 Å². The van der Waals surface area contributed by atoms with Gasteiger partial charge in [-0.05, 0) is 24.1 Å². The van der Waals surface area contributed by atoms with Gasteiger partial charge in [-0.25, -0.2) is 17.9 Å². The van der Waals surface area contributed by atoms with Gasteiger partial charge in [-0.3, -0.25) is 0 Å². The normalized spacial score (nSPS) is 11.3. The summed E-state index contributed by atoms with van der Waals surface area (Å²) in [5.41, 5.74) is 0.569. The summed E-state index contributed by atoms with van der Waals surface area (Å²) in [7, 11) is -3.70. The van der Waals surface area contributed by atoms with Crippen molar-refractivity contribution in [2.75, 3.05) is 18.1 Å². The molecule has 0 heterocycles. The average molecular weight is 329 g/mol. The number of aryl methyl sites for hydroxylation is 1. The highest BCUT2D eigenvalue weighted by Gasteiger charge is 2.19. The minimum atomic E-state index is -3.70. The highest BCUT2D eigenvalue weighted by Crippen LogP contribution is 2.18. The monoisotopic (exact) mass is 329 g/mol. The van der Waals surface area contributed by atoms with Gasteiger partial charge in [-0.15, -0.1) is 6.58 Å². The number of hydrogen-bond donors (Lipinski definition) is 2. The second kappa shape index (κ2) is 8.21. The summed E-state index contributed by atoms with van der Waals surface area (Å²) in [6.45, 7) is 5.71. The average Bonchev–Trinajstić information content (AvgIpc) is 2.46. The first-order chi connectivity index (χ1) is 9.92. The van der Waals surface area contributed by atoms with Gasteiger partial charge >= 0.3 is 5.97 Å². The summed E-state index contributed by atoms with van der Waals surface area (Å²) in [6, 6.07) is 4.17. The first-order valence-electron chi connectivity index (χ1n) is 6.47. The first-order valence-corrected chi connectivity index (χ1v) is 9.10. The molecule has 5 nitrogen and oxygen atoms in total. The maximum atomic E-state index is 12.3. The smallest absolute Gasteiger partial charge is 0.335 e. The lowest BCUT2D eigenvalue weighted by atomic mass is 10.1. The number of benzene rings is 1. The highest BCUT2D eigenvalue weighted by atomic mass is 32.2. The van der Waals surface area contributed by atoms with E-state index in [4.69, 9.17) is 5.11 Å². The molecule has 7 heteroatoms. The molecule has 1 rings (SSSR count). The Morgan fingerprint density at radius 3 is 2.76 bits per heavy atom. The summed E-state index contributed by atoms with van der Waals surface area (Å²) in [5, 5.41) is 8.98. The van der Waals surface area contributed by atoms with E-state index in [1.54, 1.807) is 23.9 Å². The SMILES string of the molecule is C=CCSCCNS(=O)(=O)c1cc(C(=O)O)ccc1CC. The second-order valence-corrected chi connectivity index (χ2v) is 7.13. The lowest BCUT2D eigenvalue weighted by molar-refractivity contribution is 0.0696. The molecule has 0 unspecified atom stereocenters. The molecule has 21 heavy (non-hydrogen) atoms. The van der Waals surface area contributed by atoms with Gasteiger partial charge in [0, 0.05) is 18.1 Å². The van der Waals surface area contributed by atoms with Crippen LogP contribution in [0.5, 0.6) is 0 Å². The van der Waals surface area contributed by atoms with E-state index < -0.39 is 16.0 Å². The second-order valence-electron chi connectivity index (χ2n) is 4.24.